The molecule has 0 radical (unpaired) electrons. The summed E-state index contributed by atoms with van der Waals surface area (Å²) in [6.45, 7) is 2.48. The number of hydrogen-bond donors (Lipinski definition) is 1. The number of nitrogens with one attached hydrogen (secondary N) is 1. The molecule has 2 aromatic rings. The number of hydrogen-bond acceptors (Lipinski definition) is 3. The lowest BCUT2D eigenvalue weighted by Gasteiger charge is -2.33. The zero-order chi connectivity index (χ0) is 14.3. The van der Waals surface area contributed by atoms with Crippen molar-refractivity contribution in [3.8, 4) is 5.75 Å². The van der Waals surface area contributed by atoms with Gasteiger partial charge < -0.3 is 14.5 Å². The molecule has 108 valence electrons. The average Bonchev–Trinajstić information content (AvgIpc) is 2.77. The van der Waals surface area contributed by atoms with Crippen molar-refractivity contribution >= 4 is 11.3 Å². The molecular formula is C14H17F2N3O. The summed E-state index contributed by atoms with van der Waals surface area (Å²) in [6.07, 6.45) is 3.49. The quantitative estimate of drug-likeness (QED) is 0.934. The third-order valence-corrected chi connectivity index (χ3v) is 3.65. The van der Waals surface area contributed by atoms with E-state index in [1.165, 1.54) is 0 Å². The maximum absolute atomic E-state index is 12.9. The van der Waals surface area contributed by atoms with Crippen LogP contribution in [0.1, 0.15) is 31.4 Å². The first kappa shape index (κ1) is 13.1. The first-order valence-electron chi connectivity index (χ1n) is 6.73. The Balaban J connectivity index is 1.94. The molecule has 1 N–H and O–H groups in total. The Bertz CT molecular complexity index is 631. The molecule has 0 atom stereocenters. The van der Waals surface area contributed by atoms with E-state index in [0.29, 0.717) is 6.61 Å². The van der Waals surface area contributed by atoms with Crippen molar-refractivity contribution < 1.29 is 13.5 Å². The molecule has 1 saturated carbocycles. The summed E-state index contributed by atoms with van der Waals surface area (Å²) in [7, 11) is 1.81. The lowest BCUT2D eigenvalue weighted by atomic mass is 9.79. The van der Waals surface area contributed by atoms with Gasteiger partial charge in [-0.15, -0.1) is 0 Å². The molecule has 1 aliphatic rings. The van der Waals surface area contributed by atoms with Crippen molar-refractivity contribution in [3.05, 3.63) is 24.2 Å². The minimum Gasteiger partial charge on any atom is -0.492 e. The number of alkyl halides is 2. The molecule has 0 saturated heterocycles. The summed E-state index contributed by atoms with van der Waals surface area (Å²) in [4.78, 5) is 4.44. The highest BCUT2D eigenvalue weighted by atomic mass is 19.3. The van der Waals surface area contributed by atoms with Gasteiger partial charge in [0.05, 0.1) is 18.0 Å². The molecule has 4 nitrogen and oxygen atoms in total. The Kier molecular flexibility index (Phi) is 3.03. The first-order valence-corrected chi connectivity index (χ1v) is 6.73. The van der Waals surface area contributed by atoms with Gasteiger partial charge >= 0.3 is 0 Å². The van der Waals surface area contributed by atoms with Crippen LogP contribution in [0.3, 0.4) is 0 Å². The Morgan fingerprint density at radius 2 is 2.20 bits per heavy atom. The number of imidazole rings is 1. The van der Waals surface area contributed by atoms with Crippen LogP contribution >= 0.6 is 0 Å². The lowest BCUT2D eigenvalue weighted by Crippen LogP contribution is -2.33. The number of anilines is 1. The van der Waals surface area contributed by atoms with Crippen molar-refractivity contribution in [1.82, 2.24) is 9.38 Å². The Morgan fingerprint density at radius 3 is 2.80 bits per heavy atom. The van der Waals surface area contributed by atoms with Crippen LogP contribution in [0.2, 0.25) is 0 Å². The molecule has 2 aromatic heterocycles. The van der Waals surface area contributed by atoms with E-state index in [2.05, 4.69) is 10.3 Å². The average molecular weight is 281 g/mol. The fourth-order valence-corrected chi connectivity index (χ4v) is 2.57. The van der Waals surface area contributed by atoms with E-state index < -0.39 is 5.92 Å². The molecule has 20 heavy (non-hydrogen) atoms. The summed E-state index contributed by atoms with van der Waals surface area (Å²) in [6, 6.07) is 1.83. The number of fused-ring (bicyclic) bond motifs is 1. The summed E-state index contributed by atoms with van der Waals surface area (Å²) >= 11 is 0. The highest BCUT2D eigenvalue weighted by molar-refractivity contribution is 5.61. The molecule has 2 heterocycles. The van der Waals surface area contributed by atoms with E-state index in [9.17, 15) is 8.78 Å². The number of rotatable bonds is 4. The summed E-state index contributed by atoms with van der Waals surface area (Å²) < 4.78 is 33.3. The predicted molar refractivity (Wildman–Crippen MR) is 72.8 cm³/mol. The molecular weight excluding hydrogens is 264 g/mol. The molecule has 0 aliphatic heterocycles. The van der Waals surface area contributed by atoms with Crippen LogP contribution in [-0.2, 0) is 0 Å². The van der Waals surface area contributed by atoms with E-state index in [1.807, 2.05) is 36.8 Å². The van der Waals surface area contributed by atoms with Gasteiger partial charge in [-0.05, 0) is 6.92 Å². The zero-order valence-electron chi connectivity index (χ0n) is 11.5. The number of halogens is 2. The van der Waals surface area contributed by atoms with Gasteiger partial charge in [0.15, 0.2) is 0 Å². The third kappa shape index (κ3) is 2.19. The number of aromatic nitrogens is 2. The molecule has 6 heteroatoms. The van der Waals surface area contributed by atoms with Gasteiger partial charge in [0.25, 0.3) is 0 Å². The van der Waals surface area contributed by atoms with E-state index in [0.717, 1.165) is 22.8 Å². The standard InChI is InChI=1S/C14H17F2N3O/c1-3-20-12-4-13-18-10(9-5-14(15,16)6-9)7-19(13)8-11(12)17-2/h4,7-9,17H,3,5-6H2,1-2H3. The Labute approximate surface area is 115 Å². The topological polar surface area (TPSA) is 38.6 Å². The largest absolute Gasteiger partial charge is 0.492 e. The van der Waals surface area contributed by atoms with Gasteiger partial charge in [0.2, 0.25) is 5.92 Å². The van der Waals surface area contributed by atoms with E-state index >= 15 is 0 Å². The van der Waals surface area contributed by atoms with Gasteiger partial charge in [0, 0.05) is 44.3 Å². The summed E-state index contributed by atoms with van der Waals surface area (Å²) in [5.74, 6) is -1.94. The molecule has 0 amide bonds. The molecule has 1 fully saturated rings. The van der Waals surface area contributed by atoms with Crippen molar-refractivity contribution in [3.63, 3.8) is 0 Å². The Hall–Kier alpha value is -1.85. The van der Waals surface area contributed by atoms with Crippen molar-refractivity contribution in [2.75, 3.05) is 19.0 Å². The second-order valence-corrected chi connectivity index (χ2v) is 5.13. The van der Waals surface area contributed by atoms with Gasteiger partial charge in [-0.3, -0.25) is 0 Å². The minimum absolute atomic E-state index is 0.103. The van der Waals surface area contributed by atoms with Crippen LogP contribution < -0.4 is 10.1 Å². The fraction of sp³-hybridized carbons (Fsp3) is 0.500. The van der Waals surface area contributed by atoms with Crippen molar-refractivity contribution in [2.45, 2.75) is 31.6 Å². The highest BCUT2D eigenvalue weighted by Crippen LogP contribution is 2.48. The van der Waals surface area contributed by atoms with E-state index in [1.54, 1.807) is 0 Å². The highest BCUT2D eigenvalue weighted by Gasteiger charge is 2.46. The lowest BCUT2D eigenvalue weighted by molar-refractivity contribution is -0.0875. The minimum atomic E-state index is -2.52. The molecule has 0 spiro atoms. The van der Waals surface area contributed by atoms with Gasteiger partial charge in [0.1, 0.15) is 11.4 Å². The van der Waals surface area contributed by atoms with Gasteiger partial charge in [-0.25, -0.2) is 13.8 Å². The van der Waals surface area contributed by atoms with Crippen LogP contribution in [-0.4, -0.2) is 29.0 Å². The number of pyridine rings is 1. The second-order valence-electron chi connectivity index (χ2n) is 5.13. The van der Waals surface area contributed by atoms with Crippen LogP contribution in [0.5, 0.6) is 5.75 Å². The monoisotopic (exact) mass is 281 g/mol. The summed E-state index contributed by atoms with van der Waals surface area (Å²) in [5, 5.41) is 3.06. The maximum atomic E-state index is 12.9. The maximum Gasteiger partial charge on any atom is 0.249 e. The normalized spacial score (nSPS) is 18.0. The van der Waals surface area contributed by atoms with Crippen molar-refractivity contribution in [2.24, 2.45) is 0 Å². The Morgan fingerprint density at radius 1 is 1.45 bits per heavy atom. The molecule has 3 rings (SSSR count). The zero-order valence-corrected chi connectivity index (χ0v) is 11.5. The second kappa shape index (κ2) is 4.61. The summed E-state index contributed by atoms with van der Waals surface area (Å²) in [5.41, 5.74) is 2.30. The van der Waals surface area contributed by atoms with Gasteiger partial charge in [-0.1, -0.05) is 0 Å². The van der Waals surface area contributed by atoms with Crippen LogP contribution in [0.25, 0.3) is 5.65 Å². The molecule has 0 unspecified atom stereocenters. The first-order chi connectivity index (χ1) is 9.52. The molecule has 1 aliphatic carbocycles. The van der Waals surface area contributed by atoms with Crippen LogP contribution in [0.15, 0.2) is 18.5 Å². The number of nitrogens with zero attached hydrogens (tertiary/aromatic N) is 2. The smallest absolute Gasteiger partial charge is 0.249 e. The van der Waals surface area contributed by atoms with Crippen LogP contribution in [0.4, 0.5) is 14.5 Å². The predicted octanol–water partition coefficient (Wildman–Crippen LogP) is 3.29. The van der Waals surface area contributed by atoms with Crippen molar-refractivity contribution in [1.29, 1.82) is 0 Å². The van der Waals surface area contributed by atoms with Crippen LogP contribution in [0, 0.1) is 0 Å². The third-order valence-electron chi connectivity index (χ3n) is 3.65. The molecule has 0 bridgehead atoms. The fourth-order valence-electron chi connectivity index (χ4n) is 2.57. The van der Waals surface area contributed by atoms with Gasteiger partial charge in [-0.2, -0.15) is 0 Å². The van der Waals surface area contributed by atoms with E-state index in [4.69, 9.17) is 4.74 Å². The SMILES string of the molecule is CCOc1cc2nc(C3CC(F)(F)C3)cn2cc1NC. The molecule has 0 aromatic carbocycles. The van der Waals surface area contributed by atoms with E-state index in [-0.39, 0.29) is 18.8 Å². The number of ether oxygens (including phenoxy) is 1.